The second-order valence-corrected chi connectivity index (χ2v) is 13.6. The van der Waals surface area contributed by atoms with Crippen LogP contribution in [0.2, 0.25) is 0 Å². The molecule has 28 nitrogen and oxygen atoms in total. The zero-order valence-corrected chi connectivity index (χ0v) is 39.2. The number of aliphatic carboxylic acids is 6. The van der Waals surface area contributed by atoms with Gasteiger partial charge in [-0.1, -0.05) is 22.6 Å². The largest absolute Gasteiger partial charge is 0.481 e. The molecule has 370 valence electrons. The zero-order valence-electron chi connectivity index (χ0n) is 34.4. The molecule has 0 spiro atoms. The van der Waals surface area contributed by atoms with Crippen LogP contribution >= 0.6 is 59.6 Å². The Morgan fingerprint density at radius 1 is 0.484 bits per heavy atom. The van der Waals surface area contributed by atoms with Gasteiger partial charge in [-0.25, -0.2) is 14.4 Å². The summed E-state index contributed by atoms with van der Waals surface area (Å²) in [6.07, 6.45) is 0.112. The Morgan fingerprint density at radius 3 is 0.922 bits per heavy atom. The minimum atomic E-state index is -1.27. The highest BCUT2D eigenvalue weighted by atomic mass is 127. The van der Waals surface area contributed by atoms with Crippen LogP contribution in [-0.4, -0.2) is 192 Å². The van der Waals surface area contributed by atoms with Crippen LogP contribution in [0.4, 0.5) is 14.4 Å². The Morgan fingerprint density at radius 2 is 0.719 bits per heavy atom. The van der Waals surface area contributed by atoms with E-state index < -0.39 is 108 Å². The van der Waals surface area contributed by atoms with Gasteiger partial charge in [0.2, 0.25) is 0 Å². The molecule has 0 aliphatic rings. The van der Waals surface area contributed by atoms with E-state index in [-0.39, 0.29) is 80.9 Å². The summed E-state index contributed by atoms with van der Waals surface area (Å²) in [6, 6.07) is -8.74. The van der Waals surface area contributed by atoms with E-state index in [1.54, 1.807) is 6.26 Å². The average Bonchev–Trinajstić information content (AvgIpc) is 3.22. The fourth-order valence-electron chi connectivity index (χ4n) is 3.55. The van der Waals surface area contributed by atoms with E-state index in [2.05, 4.69) is 79.7 Å². The normalized spacial score (nSPS) is 12.6. The van der Waals surface area contributed by atoms with E-state index in [0.29, 0.717) is 0 Å². The molecule has 0 fully saturated rings. The Balaban J connectivity index is -0.000000264. The summed E-state index contributed by atoms with van der Waals surface area (Å²) in [5.41, 5.74) is 15.6. The number of carbonyl (C=O) groups is 12. The van der Waals surface area contributed by atoms with Gasteiger partial charge in [-0.05, 0) is 11.2 Å². The average molecular weight is 1100 g/mol. The van der Waals surface area contributed by atoms with E-state index in [1.807, 2.05) is 4.93 Å². The van der Waals surface area contributed by atoms with E-state index >= 15 is 0 Å². The van der Waals surface area contributed by atoms with E-state index in [4.69, 9.17) is 47.8 Å². The maximum absolute atomic E-state index is 11.8. The third-order valence-corrected chi connectivity index (χ3v) is 8.33. The Bertz CT molecular complexity index is 1470. The molecular formula is C32H58IN9O19S3. The van der Waals surface area contributed by atoms with Gasteiger partial charge in [0.15, 0.2) is 17.3 Å². The van der Waals surface area contributed by atoms with Gasteiger partial charge in [0.05, 0.1) is 37.4 Å². The van der Waals surface area contributed by atoms with Crippen molar-refractivity contribution in [3.05, 3.63) is 0 Å². The highest BCUT2D eigenvalue weighted by Gasteiger charge is 2.24. The predicted octanol–water partition coefficient (Wildman–Crippen LogP) is -4.05. The first-order valence-corrected chi connectivity index (χ1v) is 22.5. The number of carboxylic acids is 6. The van der Waals surface area contributed by atoms with Crippen molar-refractivity contribution >= 4 is 131 Å². The van der Waals surface area contributed by atoms with Gasteiger partial charge in [-0.2, -0.15) is 37.0 Å². The molecule has 0 unspecified atom stereocenters. The van der Waals surface area contributed by atoms with E-state index in [0.717, 1.165) is 0 Å². The number of rotatable bonds is 28. The third-order valence-electron chi connectivity index (χ3n) is 6.94. The van der Waals surface area contributed by atoms with Gasteiger partial charge in [0, 0.05) is 56.2 Å². The Labute approximate surface area is 394 Å². The van der Waals surface area contributed by atoms with Gasteiger partial charge in [0.1, 0.15) is 18.1 Å². The monoisotopic (exact) mass is 1100 g/mol. The lowest BCUT2D eigenvalue weighted by atomic mass is 10.1. The van der Waals surface area contributed by atoms with Crippen LogP contribution in [0.15, 0.2) is 0 Å². The quantitative estimate of drug-likeness (QED) is 0.0201. The van der Waals surface area contributed by atoms with E-state index in [9.17, 15) is 57.5 Å². The number of halogens is 1. The number of Topliss-reactive ketones (excluding diaryl/α,β-unsaturated/α-hetero) is 3. The molecule has 0 aliphatic heterocycles. The fourth-order valence-corrected chi connectivity index (χ4v) is 4.74. The van der Waals surface area contributed by atoms with Crippen molar-refractivity contribution in [1.29, 1.82) is 0 Å². The molecule has 0 bridgehead atoms. The first-order valence-electron chi connectivity index (χ1n) is 17.7. The minimum Gasteiger partial charge on any atom is -0.481 e. The van der Waals surface area contributed by atoms with Gasteiger partial charge in [-0.15, -0.1) is 0 Å². The molecule has 6 atom stereocenters. The molecule has 0 aromatic carbocycles. The van der Waals surface area contributed by atoms with Crippen LogP contribution in [0.5, 0.6) is 0 Å². The molecule has 32 heteroatoms. The number of amides is 6. The van der Waals surface area contributed by atoms with E-state index in [1.165, 1.54) is 11.8 Å². The van der Waals surface area contributed by atoms with Crippen molar-refractivity contribution in [1.82, 2.24) is 31.9 Å². The maximum atomic E-state index is 11.8. The van der Waals surface area contributed by atoms with Crippen LogP contribution in [-0.2, 0) is 43.2 Å². The molecule has 20 N–H and O–H groups in total. The second-order valence-electron chi connectivity index (χ2n) is 12.0. The third kappa shape index (κ3) is 38.9. The topological polar surface area (TPSA) is 508 Å². The van der Waals surface area contributed by atoms with Crippen molar-refractivity contribution in [2.24, 2.45) is 17.2 Å². The lowest BCUT2D eigenvalue weighted by Gasteiger charge is -2.17. The van der Waals surface area contributed by atoms with Crippen LogP contribution in [0, 0.1) is 0 Å². The number of carboxylic acid groups (broad SMARTS) is 6. The Kier molecular flexibility index (Phi) is 43.8. The first kappa shape index (κ1) is 68.3. The Hall–Kier alpha value is -4.74. The highest BCUT2D eigenvalue weighted by Crippen LogP contribution is 2.04. The van der Waals surface area contributed by atoms with Crippen LogP contribution in [0.1, 0.15) is 38.5 Å². The zero-order chi connectivity index (χ0) is 49.8. The number of nitrogens with two attached hydrogens (primary N) is 3. The summed E-state index contributed by atoms with van der Waals surface area (Å²) in [5, 5.41) is 64.6. The molecule has 0 aliphatic carbocycles. The van der Waals surface area contributed by atoms with Crippen LogP contribution in [0.25, 0.3) is 0 Å². The van der Waals surface area contributed by atoms with Gasteiger partial charge >= 0.3 is 53.9 Å². The van der Waals surface area contributed by atoms with Gasteiger partial charge in [0.25, 0.3) is 0 Å². The summed E-state index contributed by atoms with van der Waals surface area (Å²) in [6.45, 7) is -0.885. The SMILES string of the molecule is CI.CSC[C@H](NC(=O)NC[C@H](N)C(=O)O)C(=O)CCC(=O)O.N[C@@H](CNC(=O)N[C@@H](CS)C(=O)CCC(=O)O)C(=O)O.N[C@@H](CNC(=O)N[C@@H](CS)C(=O)CCC(=O)O)C(=O)O.O. The van der Waals surface area contributed by atoms with Gasteiger partial charge in [-0.3, -0.25) is 43.2 Å². The lowest BCUT2D eigenvalue weighted by molar-refractivity contribution is -0.139. The number of nitrogens with one attached hydrogen (secondary N) is 6. The molecule has 0 radical (unpaired) electrons. The molecule has 0 saturated carbocycles. The number of alkyl halides is 1. The number of hydrogen-bond donors (Lipinski definition) is 17. The molecule has 0 heterocycles. The number of thiol groups is 2. The maximum Gasteiger partial charge on any atom is 0.322 e. The van der Waals surface area contributed by atoms with Crippen molar-refractivity contribution in [3.8, 4) is 0 Å². The smallest absolute Gasteiger partial charge is 0.322 e. The summed E-state index contributed by atoms with van der Waals surface area (Å²) in [4.78, 5) is 134. The standard InChI is InChI=1S/C11H19N3O6S.2C10H17N3O6S.CH3I.H2O/c1-21-5-7(8(15)2-3-9(16)17)14-11(20)13-4-6(12)10(18)19;2*11-5(9(17)18)3-12-10(19)13-6(4-20)7(14)1-2-8(15)16;1-2;/h6-7H,2-5,12H2,1H3,(H,16,17)(H,18,19)(H2,13,14,20);2*5-6,20H,1-4,11H2,(H,15,16)(H,17,18)(H2,12,13,19);1H3;1H2/t6-,7-;2*5-,6-;;/m000../s1. The van der Waals surface area contributed by atoms with Crippen molar-refractivity contribution < 1.29 is 93.6 Å². The second kappa shape index (κ2) is 41.0. The predicted molar refractivity (Wildman–Crippen MR) is 243 cm³/mol. The fraction of sp³-hybridized carbons (Fsp3) is 0.625. The first-order chi connectivity index (χ1) is 29.3. The van der Waals surface area contributed by atoms with Crippen molar-refractivity contribution in [2.75, 3.05) is 48.1 Å². The molecule has 0 aromatic rings. The number of carbonyl (C=O) groups excluding carboxylic acids is 6. The minimum absolute atomic E-state index is 0. The number of urea groups is 3. The summed E-state index contributed by atoms with van der Waals surface area (Å²) < 4.78 is 0. The molecular weight excluding hydrogens is 1040 g/mol. The highest BCUT2D eigenvalue weighted by molar-refractivity contribution is 14.1. The molecule has 0 rings (SSSR count). The molecule has 0 saturated heterocycles. The van der Waals surface area contributed by atoms with Crippen molar-refractivity contribution in [2.45, 2.75) is 74.8 Å². The van der Waals surface area contributed by atoms with Gasteiger partial charge < -0.3 is 85.2 Å². The summed E-state index contributed by atoms with van der Waals surface area (Å²) in [5.74, 6) is -8.19. The lowest BCUT2D eigenvalue weighted by Crippen LogP contribution is -2.51. The summed E-state index contributed by atoms with van der Waals surface area (Å²) in [7, 11) is 0. The summed E-state index contributed by atoms with van der Waals surface area (Å²) >= 11 is 11.2. The number of hydrogen-bond acceptors (Lipinski definition) is 18. The molecule has 64 heavy (non-hydrogen) atoms. The van der Waals surface area contributed by atoms with Crippen LogP contribution in [0.3, 0.4) is 0 Å². The number of thioether (sulfide) groups is 1. The molecule has 0 aromatic heterocycles. The van der Waals surface area contributed by atoms with Crippen LogP contribution < -0.4 is 49.1 Å². The molecule has 6 amide bonds. The number of ketones is 3. The van der Waals surface area contributed by atoms with Crippen molar-refractivity contribution in [3.63, 3.8) is 0 Å².